The predicted molar refractivity (Wildman–Crippen MR) is 73.9 cm³/mol. The Labute approximate surface area is 109 Å². The molecule has 1 saturated carbocycles. The Morgan fingerprint density at radius 3 is 2.61 bits per heavy atom. The lowest BCUT2D eigenvalue weighted by Gasteiger charge is -2.16. The Morgan fingerprint density at radius 1 is 1.33 bits per heavy atom. The summed E-state index contributed by atoms with van der Waals surface area (Å²) in [5.74, 6) is 0. The van der Waals surface area contributed by atoms with E-state index < -0.39 is 10.0 Å². The van der Waals surface area contributed by atoms with Crippen LogP contribution < -0.4 is 10.5 Å². The molecule has 0 unspecified atom stereocenters. The fourth-order valence-corrected chi connectivity index (χ4v) is 4.12. The molecule has 0 aromatic heterocycles. The highest BCUT2D eigenvalue weighted by atomic mass is 32.2. The van der Waals surface area contributed by atoms with Gasteiger partial charge in [-0.3, -0.25) is 4.72 Å². The molecule has 0 atom stereocenters. The van der Waals surface area contributed by atoms with Crippen molar-refractivity contribution in [2.75, 3.05) is 4.72 Å². The molecule has 1 aliphatic rings. The number of sulfonamides is 1. The summed E-state index contributed by atoms with van der Waals surface area (Å²) >= 11 is 0. The van der Waals surface area contributed by atoms with Gasteiger partial charge in [0, 0.05) is 6.54 Å². The second kappa shape index (κ2) is 5.28. The molecule has 3 N–H and O–H groups in total. The Hall–Kier alpha value is -1.07. The largest absolute Gasteiger partial charge is 0.326 e. The van der Waals surface area contributed by atoms with E-state index in [1.54, 1.807) is 6.07 Å². The van der Waals surface area contributed by atoms with Gasteiger partial charge in [0.25, 0.3) is 0 Å². The van der Waals surface area contributed by atoms with Crippen molar-refractivity contribution in [1.29, 1.82) is 0 Å². The second-order valence-electron chi connectivity index (χ2n) is 4.86. The minimum absolute atomic E-state index is 0.247. The minimum atomic E-state index is -3.27. The van der Waals surface area contributed by atoms with E-state index in [0.29, 0.717) is 12.2 Å². The van der Waals surface area contributed by atoms with Crippen molar-refractivity contribution in [2.45, 2.75) is 44.4 Å². The molecule has 0 heterocycles. The molecule has 18 heavy (non-hydrogen) atoms. The van der Waals surface area contributed by atoms with Gasteiger partial charge in [0.05, 0.1) is 10.9 Å². The number of hydrogen-bond donors (Lipinski definition) is 2. The molecule has 4 nitrogen and oxygen atoms in total. The monoisotopic (exact) mass is 268 g/mol. The number of anilines is 1. The average molecular weight is 268 g/mol. The van der Waals surface area contributed by atoms with Crippen LogP contribution in [0.1, 0.15) is 36.8 Å². The molecule has 1 aromatic rings. The van der Waals surface area contributed by atoms with Gasteiger partial charge in [0.15, 0.2) is 0 Å². The number of hydrogen-bond acceptors (Lipinski definition) is 3. The highest BCUT2D eigenvalue weighted by Crippen LogP contribution is 2.27. The van der Waals surface area contributed by atoms with E-state index in [1.165, 1.54) is 0 Å². The zero-order chi connectivity index (χ0) is 13.2. The topological polar surface area (TPSA) is 72.2 Å². The second-order valence-corrected chi connectivity index (χ2v) is 6.82. The van der Waals surface area contributed by atoms with E-state index >= 15 is 0 Å². The predicted octanol–water partition coefficient (Wildman–Crippen LogP) is 2.14. The van der Waals surface area contributed by atoms with Crippen LogP contribution in [0.3, 0.4) is 0 Å². The first kappa shape index (κ1) is 13.4. The Balaban J connectivity index is 2.26. The van der Waals surface area contributed by atoms with E-state index in [1.807, 2.05) is 19.1 Å². The van der Waals surface area contributed by atoms with Crippen molar-refractivity contribution >= 4 is 15.7 Å². The molecule has 100 valence electrons. The maximum atomic E-state index is 12.2. The molecule has 0 aliphatic heterocycles. The molecule has 1 aromatic carbocycles. The van der Waals surface area contributed by atoms with Crippen LogP contribution in [0.15, 0.2) is 18.2 Å². The molecule has 0 amide bonds. The van der Waals surface area contributed by atoms with Gasteiger partial charge in [0.2, 0.25) is 10.0 Å². The van der Waals surface area contributed by atoms with Crippen LogP contribution >= 0.6 is 0 Å². The number of nitrogens with two attached hydrogens (primary N) is 1. The van der Waals surface area contributed by atoms with Gasteiger partial charge in [-0.15, -0.1) is 0 Å². The highest BCUT2D eigenvalue weighted by molar-refractivity contribution is 7.93. The third-order valence-corrected chi connectivity index (χ3v) is 5.46. The van der Waals surface area contributed by atoms with E-state index in [9.17, 15) is 8.42 Å². The third-order valence-electron chi connectivity index (χ3n) is 3.61. The lowest BCUT2D eigenvalue weighted by Crippen LogP contribution is -2.26. The fraction of sp³-hybridized carbons (Fsp3) is 0.538. The van der Waals surface area contributed by atoms with Gasteiger partial charge in [-0.1, -0.05) is 25.0 Å². The number of benzene rings is 1. The summed E-state index contributed by atoms with van der Waals surface area (Å²) in [4.78, 5) is 0. The van der Waals surface area contributed by atoms with Crippen LogP contribution in [0.4, 0.5) is 5.69 Å². The molecule has 1 fully saturated rings. The maximum Gasteiger partial charge on any atom is 0.235 e. The van der Waals surface area contributed by atoms with Crippen molar-refractivity contribution in [2.24, 2.45) is 5.73 Å². The lowest BCUT2D eigenvalue weighted by molar-refractivity contribution is 0.585. The van der Waals surface area contributed by atoms with Crippen molar-refractivity contribution in [1.82, 2.24) is 0 Å². The summed E-state index contributed by atoms with van der Waals surface area (Å²) in [6.07, 6.45) is 3.53. The van der Waals surface area contributed by atoms with Crippen LogP contribution in [0.5, 0.6) is 0 Å². The van der Waals surface area contributed by atoms with Crippen LogP contribution in [0, 0.1) is 6.92 Å². The first-order chi connectivity index (χ1) is 8.54. The van der Waals surface area contributed by atoms with Gasteiger partial charge >= 0.3 is 0 Å². The van der Waals surface area contributed by atoms with Gasteiger partial charge in [0.1, 0.15) is 0 Å². The van der Waals surface area contributed by atoms with E-state index in [-0.39, 0.29) is 5.25 Å². The van der Waals surface area contributed by atoms with Gasteiger partial charge in [-0.25, -0.2) is 8.42 Å². The first-order valence-electron chi connectivity index (χ1n) is 6.35. The summed E-state index contributed by atoms with van der Waals surface area (Å²) < 4.78 is 27.2. The summed E-state index contributed by atoms with van der Waals surface area (Å²) in [6, 6.07) is 5.57. The fourth-order valence-electron chi connectivity index (χ4n) is 2.50. The summed E-state index contributed by atoms with van der Waals surface area (Å²) in [5.41, 5.74) is 8.21. The number of nitrogens with one attached hydrogen (secondary N) is 1. The Bertz CT molecular complexity index is 520. The first-order valence-corrected chi connectivity index (χ1v) is 7.89. The van der Waals surface area contributed by atoms with Crippen LogP contribution in [0.25, 0.3) is 0 Å². The standard InChI is InChI=1S/C13H20N2O2S/c1-10-5-4-8-13(12(10)9-14)15-18(16,17)11-6-2-3-7-11/h4-5,8,11,15H,2-3,6-7,9,14H2,1H3. The molecule has 5 heteroatoms. The molecular formula is C13H20N2O2S. The normalized spacial score (nSPS) is 17.0. The zero-order valence-corrected chi connectivity index (χ0v) is 11.5. The number of aryl methyl sites for hydroxylation is 1. The van der Waals surface area contributed by atoms with Crippen molar-refractivity contribution < 1.29 is 8.42 Å². The lowest BCUT2D eigenvalue weighted by atomic mass is 10.1. The summed E-state index contributed by atoms with van der Waals surface area (Å²) in [6.45, 7) is 2.28. The van der Waals surface area contributed by atoms with Gasteiger partial charge in [-0.2, -0.15) is 0 Å². The third kappa shape index (κ3) is 2.67. The molecule has 0 saturated heterocycles. The molecule has 0 radical (unpaired) electrons. The summed E-state index contributed by atoms with van der Waals surface area (Å²) in [5, 5.41) is -0.247. The van der Waals surface area contributed by atoms with Crippen LogP contribution in [0.2, 0.25) is 0 Å². The Morgan fingerprint density at radius 2 is 2.00 bits per heavy atom. The highest BCUT2D eigenvalue weighted by Gasteiger charge is 2.29. The van der Waals surface area contributed by atoms with Gasteiger partial charge < -0.3 is 5.73 Å². The van der Waals surface area contributed by atoms with Crippen molar-refractivity contribution in [3.63, 3.8) is 0 Å². The van der Waals surface area contributed by atoms with Gasteiger partial charge in [-0.05, 0) is 37.0 Å². The van der Waals surface area contributed by atoms with E-state index in [2.05, 4.69) is 4.72 Å². The van der Waals surface area contributed by atoms with Crippen LogP contribution in [-0.2, 0) is 16.6 Å². The zero-order valence-electron chi connectivity index (χ0n) is 10.6. The van der Waals surface area contributed by atoms with E-state index in [0.717, 1.165) is 36.8 Å². The molecule has 2 rings (SSSR count). The summed E-state index contributed by atoms with van der Waals surface area (Å²) in [7, 11) is -3.27. The molecular weight excluding hydrogens is 248 g/mol. The quantitative estimate of drug-likeness (QED) is 0.878. The molecule has 0 spiro atoms. The number of rotatable bonds is 4. The van der Waals surface area contributed by atoms with Crippen molar-refractivity contribution in [3.8, 4) is 0 Å². The SMILES string of the molecule is Cc1cccc(NS(=O)(=O)C2CCCC2)c1CN. The smallest absolute Gasteiger partial charge is 0.235 e. The van der Waals surface area contributed by atoms with E-state index in [4.69, 9.17) is 5.73 Å². The average Bonchev–Trinajstić information content (AvgIpc) is 2.83. The minimum Gasteiger partial charge on any atom is -0.326 e. The Kier molecular flexibility index (Phi) is 3.92. The maximum absolute atomic E-state index is 12.2. The van der Waals surface area contributed by atoms with Crippen molar-refractivity contribution in [3.05, 3.63) is 29.3 Å². The molecule has 1 aliphatic carbocycles. The molecule has 0 bridgehead atoms. The van der Waals surface area contributed by atoms with Crippen LogP contribution in [-0.4, -0.2) is 13.7 Å².